The fourth-order valence-corrected chi connectivity index (χ4v) is 2.22. The zero-order valence-corrected chi connectivity index (χ0v) is 11.0. The Labute approximate surface area is 106 Å². The minimum atomic E-state index is -0.0903. The average molecular weight is 253 g/mol. The van der Waals surface area contributed by atoms with Crippen LogP contribution in [0, 0.1) is 6.92 Å². The average Bonchev–Trinajstić information content (AvgIpc) is 2.61. The topological polar surface area (TPSA) is 67.6 Å². The first kappa shape index (κ1) is 13.0. The second kappa shape index (κ2) is 5.49. The summed E-state index contributed by atoms with van der Waals surface area (Å²) < 4.78 is 10.6. The summed E-state index contributed by atoms with van der Waals surface area (Å²) in [4.78, 5) is 13.9. The second-order valence-corrected chi connectivity index (χ2v) is 4.83. The third-order valence-corrected chi connectivity index (χ3v) is 2.75. The Kier molecular flexibility index (Phi) is 3.98. The van der Waals surface area contributed by atoms with Crippen molar-refractivity contribution >= 4 is 11.8 Å². The third kappa shape index (κ3) is 3.54. The molecule has 100 valence electrons. The first-order chi connectivity index (χ1) is 8.52. The van der Waals surface area contributed by atoms with Crippen molar-refractivity contribution in [1.29, 1.82) is 0 Å². The molecule has 1 aliphatic heterocycles. The van der Waals surface area contributed by atoms with E-state index in [-0.39, 0.29) is 18.1 Å². The summed E-state index contributed by atoms with van der Waals surface area (Å²) >= 11 is 0. The van der Waals surface area contributed by atoms with Crippen LogP contribution >= 0.6 is 0 Å². The van der Waals surface area contributed by atoms with Crippen molar-refractivity contribution in [3.63, 3.8) is 0 Å². The number of aromatic nitrogens is 1. The Morgan fingerprint density at radius 1 is 1.50 bits per heavy atom. The molecule has 1 aromatic rings. The van der Waals surface area contributed by atoms with Gasteiger partial charge in [-0.2, -0.15) is 0 Å². The van der Waals surface area contributed by atoms with Gasteiger partial charge in [-0.3, -0.25) is 15.0 Å². The molecular weight excluding hydrogens is 234 g/mol. The van der Waals surface area contributed by atoms with Gasteiger partial charge in [0.05, 0.1) is 24.4 Å². The zero-order chi connectivity index (χ0) is 13.1. The minimum Gasteiger partial charge on any atom is -0.373 e. The van der Waals surface area contributed by atoms with Crippen molar-refractivity contribution in [1.82, 2.24) is 10.1 Å². The van der Waals surface area contributed by atoms with E-state index < -0.39 is 0 Å². The van der Waals surface area contributed by atoms with Crippen LogP contribution in [-0.4, -0.2) is 47.8 Å². The maximum atomic E-state index is 11.8. The number of ether oxygens (including phenoxy) is 1. The van der Waals surface area contributed by atoms with Crippen molar-refractivity contribution in [3.8, 4) is 0 Å². The highest BCUT2D eigenvalue weighted by atomic mass is 16.5. The lowest BCUT2D eigenvalue weighted by Crippen LogP contribution is -2.48. The van der Waals surface area contributed by atoms with Gasteiger partial charge in [0.25, 0.3) is 0 Å². The molecule has 2 rings (SSSR count). The van der Waals surface area contributed by atoms with Crippen molar-refractivity contribution in [2.45, 2.75) is 33.0 Å². The van der Waals surface area contributed by atoms with Crippen LogP contribution in [0.15, 0.2) is 10.6 Å². The smallest absolute Gasteiger partial charge is 0.240 e. The highest BCUT2D eigenvalue weighted by Gasteiger charge is 2.23. The highest BCUT2D eigenvalue weighted by molar-refractivity contribution is 5.90. The molecule has 0 bridgehead atoms. The van der Waals surface area contributed by atoms with Crippen molar-refractivity contribution in [2.75, 3.05) is 25.0 Å². The first-order valence-electron chi connectivity index (χ1n) is 6.14. The summed E-state index contributed by atoms with van der Waals surface area (Å²) in [6.07, 6.45) is 0.322. The molecule has 2 atom stereocenters. The Morgan fingerprint density at radius 2 is 2.17 bits per heavy atom. The number of nitrogens with one attached hydrogen (secondary N) is 1. The summed E-state index contributed by atoms with van der Waals surface area (Å²) in [7, 11) is 0. The van der Waals surface area contributed by atoms with Crippen LogP contribution in [0.5, 0.6) is 0 Å². The fourth-order valence-electron chi connectivity index (χ4n) is 2.22. The van der Waals surface area contributed by atoms with E-state index >= 15 is 0 Å². The van der Waals surface area contributed by atoms with Crippen LogP contribution in [0.25, 0.3) is 0 Å². The molecule has 0 spiro atoms. The summed E-state index contributed by atoms with van der Waals surface area (Å²) in [5, 5.41) is 6.41. The quantitative estimate of drug-likeness (QED) is 0.871. The van der Waals surface area contributed by atoms with Gasteiger partial charge < -0.3 is 9.26 Å². The summed E-state index contributed by atoms with van der Waals surface area (Å²) in [5.74, 6) is 0.305. The Balaban J connectivity index is 1.83. The number of carbonyl (C=O) groups is 1. The molecule has 1 amide bonds. The van der Waals surface area contributed by atoms with Gasteiger partial charge in [-0.05, 0) is 20.8 Å². The van der Waals surface area contributed by atoms with Crippen molar-refractivity contribution in [3.05, 3.63) is 11.8 Å². The van der Waals surface area contributed by atoms with Crippen LogP contribution in [0.2, 0.25) is 0 Å². The number of hydrogen-bond acceptors (Lipinski definition) is 5. The Hall–Kier alpha value is -1.40. The fraction of sp³-hybridized carbons (Fsp3) is 0.667. The molecule has 1 fully saturated rings. The van der Waals surface area contributed by atoms with Gasteiger partial charge in [-0.25, -0.2) is 0 Å². The van der Waals surface area contributed by atoms with E-state index in [1.54, 1.807) is 6.07 Å². The number of nitrogens with zero attached hydrogens (tertiary/aromatic N) is 2. The number of morpholine rings is 1. The van der Waals surface area contributed by atoms with Gasteiger partial charge in [-0.1, -0.05) is 5.16 Å². The lowest BCUT2D eigenvalue weighted by molar-refractivity contribution is -0.121. The monoisotopic (exact) mass is 253 g/mol. The summed E-state index contributed by atoms with van der Waals surface area (Å²) in [6, 6.07) is 1.70. The number of rotatable bonds is 3. The third-order valence-electron chi connectivity index (χ3n) is 2.75. The Morgan fingerprint density at radius 3 is 2.72 bits per heavy atom. The molecule has 1 aromatic heterocycles. The van der Waals surface area contributed by atoms with Crippen LogP contribution in [0.1, 0.15) is 19.5 Å². The molecule has 0 radical (unpaired) electrons. The van der Waals surface area contributed by atoms with Crippen LogP contribution in [0.3, 0.4) is 0 Å². The number of amides is 1. The lowest BCUT2D eigenvalue weighted by Gasteiger charge is -2.34. The van der Waals surface area contributed by atoms with Crippen molar-refractivity contribution < 1.29 is 14.1 Å². The van der Waals surface area contributed by atoms with E-state index in [2.05, 4.69) is 15.4 Å². The van der Waals surface area contributed by atoms with Gasteiger partial charge >= 0.3 is 0 Å². The largest absolute Gasteiger partial charge is 0.373 e. The van der Waals surface area contributed by atoms with Crippen LogP contribution < -0.4 is 5.32 Å². The number of anilines is 1. The molecule has 1 aliphatic rings. The first-order valence-corrected chi connectivity index (χ1v) is 6.14. The summed E-state index contributed by atoms with van der Waals surface area (Å²) in [6.45, 7) is 7.73. The van der Waals surface area contributed by atoms with E-state index in [4.69, 9.17) is 9.26 Å². The molecule has 2 heterocycles. The molecule has 6 heteroatoms. The predicted octanol–water partition coefficient (Wildman–Crippen LogP) is 1.03. The number of aryl methyl sites for hydroxylation is 1. The zero-order valence-electron chi connectivity index (χ0n) is 11.0. The number of hydrogen-bond donors (Lipinski definition) is 1. The van der Waals surface area contributed by atoms with E-state index in [0.29, 0.717) is 12.4 Å². The molecule has 0 aliphatic carbocycles. The molecular formula is C12H19N3O3. The van der Waals surface area contributed by atoms with Gasteiger partial charge in [0, 0.05) is 19.2 Å². The summed E-state index contributed by atoms with van der Waals surface area (Å²) in [5.41, 5.74) is 0.749. The van der Waals surface area contributed by atoms with Gasteiger partial charge in [0.1, 0.15) is 0 Å². The number of carbonyl (C=O) groups excluding carboxylic acids is 1. The maximum absolute atomic E-state index is 11.8. The predicted molar refractivity (Wildman–Crippen MR) is 66.3 cm³/mol. The van der Waals surface area contributed by atoms with E-state index in [1.165, 1.54) is 0 Å². The van der Waals surface area contributed by atoms with Crippen molar-refractivity contribution in [2.24, 2.45) is 0 Å². The van der Waals surface area contributed by atoms with E-state index in [9.17, 15) is 4.79 Å². The molecule has 0 unspecified atom stereocenters. The lowest BCUT2D eigenvalue weighted by atomic mass is 10.2. The second-order valence-electron chi connectivity index (χ2n) is 4.83. The molecule has 0 aromatic carbocycles. The van der Waals surface area contributed by atoms with Gasteiger partial charge in [0.15, 0.2) is 0 Å². The minimum absolute atomic E-state index is 0.0903. The Bertz CT molecular complexity index is 408. The highest BCUT2D eigenvalue weighted by Crippen LogP contribution is 2.11. The van der Waals surface area contributed by atoms with Crippen LogP contribution in [-0.2, 0) is 9.53 Å². The van der Waals surface area contributed by atoms with Gasteiger partial charge in [0.2, 0.25) is 11.8 Å². The normalized spacial score (nSPS) is 25.1. The molecule has 18 heavy (non-hydrogen) atoms. The van der Waals surface area contributed by atoms with Gasteiger partial charge in [-0.15, -0.1) is 0 Å². The molecule has 1 saturated heterocycles. The molecule has 6 nitrogen and oxygen atoms in total. The molecule has 0 saturated carbocycles. The molecule has 1 N–H and O–H groups in total. The van der Waals surface area contributed by atoms with E-state index in [1.807, 2.05) is 20.8 Å². The maximum Gasteiger partial charge on any atom is 0.240 e. The van der Waals surface area contributed by atoms with Crippen LogP contribution in [0.4, 0.5) is 5.88 Å². The SMILES string of the molecule is Cc1cc(NC(=O)CN2C[C@@H](C)O[C@@H](C)C2)on1. The standard InChI is InChI=1S/C12H19N3O3/c1-8-4-12(18-14-8)13-11(16)7-15-5-9(2)17-10(3)6-15/h4,9-10H,5-7H2,1-3H3,(H,13,16)/t9-,10+. The van der Waals surface area contributed by atoms with E-state index in [0.717, 1.165) is 18.8 Å².